The largest absolute Gasteiger partial charge is 0.385 e. The summed E-state index contributed by atoms with van der Waals surface area (Å²) < 4.78 is 5.78. The number of carbonyl (C=O) groups is 1. The standard InChI is InChI=1S/C15H17BrN4O2/c1-22-10-4-9-17-14-8-7-13(19-20-14)15(21)18-12-6-3-2-5-11(12)16/h2-3,5-8H,4,9-10H2,1H3,(H,17,20)(H,18,21). The molecule has 7 heteroatoms. The van der Waals surface area contributed by atoms with Gasteiger partial charge in [-0.3, -0.25) is 4.79 Å². The van der Waals surface area contributed by atoms with Gasteiger partial charge in [-0.25, -0.2) is 0 Å². The maximum absolute atomic E-state index is 12.1. The number of nitrogens with zero attached hydrogens (tertiary/aromatic N) is 2. The van der Waals surface area contributed by atoms with Crippen molar-refractivity contribution in [2.24, 2.45) is 0 Å². The van der Waals surface area contributed by atoms with Crippen molar-refractivity contribution in [1.29, 1.82) is 0 Å². The van der Waals surface area contributed by atoms with E-state index in [0.717, 1.165) is 17.4 Å². The first-order valence-electron chi connectivity index (χ1n) is 6.83. The number of anilines is 2. The molecule has 116 valence electrons. The molecule has 0 fully saturated rings. The van der Waals surface area contributed by atoms with Crippen molar-refractivity contribution < 1.29 is 9.53 Å². The second-order valence-electron chi connectivity index (χ2n) is 4.51. The minimum atomic E-state index is -0.301. The Morgan fingerprint density at radius 1 is 1.23 bits per heavy atom. The van der Waals surface area contributed by atoms with E-state index in [1.807, 2.05) is 18.2 Å². The molecule has 0 aliphatic rings. The number of benzene rings is 1. The molecule has 2 N–H and O–H groups in total. The summed E-state index contributed by atoms with van der Waals surface area (Å²) in [6, 6.07) is 10.8. The summed E-state index contributed by atoms with van der Waals surface area (Å²) in [5, 5.41) is 13.8. The molecule has 0 bridgehead atoms. The number of aromatic nitrogens is 2. The van der Waals surface area contributed by atoms with Gasteiger partial charge in [0.1, 0.15) is 5.82 Å². The molecule has 0 radical (unpaired) electrons. The zero-order valence-electron chi connectivity index (χ0n) is 12.2. The van der Waals surface area contributed by atoms with Gasteiger partial charge in [0.2, 0.25) is 0 Å². The van der Waals surface area contributed by atoms with Crippen molar-refractivity contribution in [3.8, 4) is 0 Å². The Hall–Kier alpha value is -1.99. The molecular weight excluding hydrogens is 348 g/mol. The van der Waals surface area contributed by atoms with Gasteiger partial charge < -0.3 is 15.4 Å². The quantitative estimate of drug-likeness (QED) is 0.738. The third kappa shape index (κ3) is 4.78. The fourth-order valence-corrected chi connectivity index (χ4v) is 2.11. The second kappa shape index (κ2) is 8.45. The molecule has 2 rings (SSSR count). The monoisotopic (exact) mass is 364 g/mol. The number of para-hydroxylation sites is 1. The second-order valence-corrected chi connectivity index (χ2v) is 5.37. The Bertz CT molecular complexity index is 619. The number of nitrogens with one attached hydrogen (secondary N) is 2. The summed E-state index contributed by atoms with van der Waals surface area (Å²) >= 11 is 3.38. The molecule has 1 aromatic carbocycles. The highest BCUT2D eigenvalue weighted by Crippen LogP contribution is 2.21. The number of ether oxygens (including phenoxy) is 1. The van der Waals surface area contributed by atoms with Crippen molar-refractivity contribution in [2.45, 2.75) is 6.42 Å². The average molecular weight is 365 g/mol. The van der Waals surface area contributed by atoms with E-state index in [2.05, 4.69) is 36.8 Å². The number of hydrogen-bond acceptors (Lipinski definition) is 5. The lowest BCUT2D eigenvalue weighted by Gasteiger charge is -2.07. The summed E-state index contributed by atoms with van der Waals surface area (Å²) in [5.41, 5.74) is 0.953. The highest BCUT2D eigenvalue weighted by molar-refractivity contribution is 9.10. The maximum atomic E-state index is 12.1. The van der Waals surface area contributed by atoms with Crippen LogP contribution in [0.3, 0.4) is 0 Å². The van der Waals surface area contributed by atoms with Crippen LogP contribution in [0.1, 0.15) is 16.9 Å². The van der Waals surface area contributed by atoms with Gasteiger partial charge in [0.05, 0.1) is 5.69 Å². The van der Waals surface area contributed by atoms with Crippen molar-refractivity contribution in [3.63, 3.8) is 0 Å². The van der Waals surface area contributed by atoms with Crippen LogP contribution in [0.4, 0.5) is 11.5 Å². The topological polar surface area (TPSA) is 76.1 Å². The van der Waals surface area contributed by atoms with Gasteiger partial charge in [-0.2, -0.15) is 0 Å². The lowest BCUT2D eigenvalue weighted by atomic mass is 10.3. The highest BCUT2D eigenvalue weighted by atomic mass is 79.9. The molecule has 0 aliphatic heterocycles. The van der Waals surface area contributed by atoms with Gasteiger partial charge in [0.25, 0.3) is 5.91 Å². The molecule has 0 saturated heterocycles. The van der Waals surface area contributed by atoms with Crippen LogP contribution in [-0.2, 0) is 4.74 Å². The molecule has 1 amide bonds. The van der Waals surface area contributed by atoms with E-state index >= 15 is 0 Å². The smallest absolute Gasteiger partial charge is 0.276 e. The number of rotatable bonds is 7. The van der Waals surface area contributed by atoms with Crippen LogP contribution >= 0.6 is 15.9 Å². The lowest BCUT2D eigenvalue weighted by molar-refractivity contribution is 0.102. The summed E-state index contributed by atoms with van der Waals surface area (Å²) in [6.07, 6.45) is 0.877. The molecule has 1 heterocycles. The number of hydrogen-bond donors (Lipinski definition) is 2. The van der Waals surface area contributed by atoms with E-state index in [1.165, 1.54) is 0 Å². The highest BCUT2D eigenvalue weighted by Gasteiger charge is 2.10. The molecule has 0 atom stereocenters. The Kier molecular flexibility index (Phi) is 6.29. The number of halogens is 1. The number of carbonyl (C=O) groups excluding carboxylic acids is 1. The minimum Gasteiger partial charge on any atom is -0.385 e. The first-order valence-corrected chi connectivity index (χ1v) is 7.62. The van der Waals surface area contributed by atoms with Gasteiger partial charge in [-0.15, -0.1) is 10.2 Å². The first-order chi connectivity index (χ1) is 10.7. The van der Waals surface area contributed by atoms with Gasteiger partial charge in [0, 0.05) is 24.7 Å². The normalized spacial score (nSPS) is 10.3. The van der Waals surface area contributed by atoms with Crippen LogP contribution in [0.5, 0.6) is 0 Å². The molecule has 6 nitrogen and oxygen atoms in total. The third-order valence-corrected chi connectivity index (χ3v) is 3.54. The summed E-state index contributed by atoms with van der Waals surface area (Å²) in [5.74, 6) is 0.332. The minimum absolute atomic E-state index is 0.262. The van der Waals surface area contributed by atoms with E-state index in [1.54, 1.807) is 25.3 Å². The van der Waals surface area contributed by atoms with Crippen LogP contribution in [0.25, 0.3) is 0 Å². The molecule has 22 heavy (non-hydrogen) atoms. The van der Waals surface area contributed by atoms with E-state index in [-0.39, 0.29) is 11.6 Å². The SMILES string of the molecule is COCCCNc1ccc(C(=O)Nc2ccccc2Br)nn1. The predicted molar refractivity (Wildman–Crippen MR) is 89.1 cm³/mol. The summed E-state index contributed by atoms with van der Waals surface area (Å²) in [4.78, 5) is 12.1. The average Bonchev–Trinajstić information content (AvgIpc) is 2.54. The molecule has 2 aromatic rings. The van der Waals surface area contributed by atoms with Crippen molar-refractivity contribution >= 4 is 33.3 Å². The Labute approximate surface area is 137 Å². The summed E-state index contributed by atoms with van der Waals surface area (Å²) in [7, 11) is 1.66. The molecule has 0 aliphatic carbocycles. The van der Waals surface area contributed by atoms with E-state index in [0.29, 0.717) is 18.1 Å². The molecule has 0 saturated carbocycles. The molecule has 0 spiro atoms. The first kappa shape index (κ1) is 16.4. The van der Waals surface area contributed by atoms with E-state index < -0.39 is 0 Å². The zero-order chi connectivity index (χ0) is 15.8. The summed E-state index contributed by atoms with van der Waals surface area (Å²) in [6.45, 7) is 1.43. The maximum Gasteiger partial charge on any atom is 0.276 e. The molecular formula is C15H17BrN4O2. The van der Waals surface area contributed by atoms with Crippen LogP contribution in [0.15, 0.2) is 40.9 Å². The van der Waals surface area contributed by atoms with Crippen LogP contribution in [-0.4, -0.2) is 36.4 Å². The molecule has 0 unspecified atom stereocenters. The van der Waals surface area contributed by atoms with Crippen molar-refractivity contribution in [1.82, 2.24) is 10.2 Å². The van der Waals surface area contributed by atoms with Crippen LogP contribution in [0, 0.1) is 0 Å². The third-order valence-electron chi connectivity index (χ3n) is 2.85. The fourth-order valence-electron chi connectivity index (χ4n) is 1.73. The Morgan fingerprint density at radius 2 is 2.05 bits per heavy atom. The lowest BCUT2D eigenvalue weighted by Crippen LogP contribution is -2.15. The predicted octanol–water partition coefficient (Wildman–Crippen LogP) is 2.94. The Morgan fingerprint density at radius 3 is 2.73 bits per heavy atom. The zero-order valence-corrected chi connectivity index (χ0v) is 13.8. The number of methoxy groups -OCH3 is 1. The van der Waals surface area contributed by atoms with Gasteiger partial charge >= 0.3 is 0 Å². The van der Waals surface area contributed by atoms with Gasteiger partial charge in [-0.1, -0.05) is 12.1 Å². The van der Waals surface area contributed by atoms with E-state index in [4.69, 9.17) is 4.74 Å². The number of amides is 1. The van der Waals surface area contributed by atoms with Crippen LogP contribution < -0.4 is 10.6 Å². The molecule has 1 aromatic heterocycles. The van der Waals surface area contributed by atoms with Gasteiger partial charge in [0.15, 0.2) is 5.69 Å². The van der Waals surface area contributed by atoms with E-state index in [9.17, 15) is 4.79 Å². The van der Waals surface area contributed by atoms with Crippen molar-refractivity contribution in [3.05, 3.63) is 46.6 Å². The van der Waals surface area contributed by atoms with Crippen molar-refractivity contribution in [2.75, 3.05) is 30.9 Å². The Balaban J connectivity index is 1.92. The van der Waals surface area contributed by atoms with Gasteiger partial charge in [-0.05, 0) is 46.6 Å². The van der Waals surface area contributed by atoms with Crippen LogP contribution in [0.2, 0.25) is 0 Å². The fraction of sp³-hybridized carbons (Fsp3) is 0.267.